The summed E-state index contributed by atoms with van der Waals surface area (Å²) >= 11 is 0. The quantitative estimate of drug-likeness (QED) is 0.783. The highest BCUT2D eigenvalue weighted by molar-refractivity contribution is 5.72. The van der Waals surface area contributed by atoms with Crippen LogP contribution in [0.5, 0.6) is 5.75 Å². The summed E-state index contributed by atoms with van der Waals surface area (Å²) < 4.78 is 5.80. The molecule has 2 aromatic rings. The predicted octanol–water partition coefficient (Wildman–Crippen LogP) is 4.64. The molecule has 2 rings (SSSR count). The molecule has 2 heteroatoms. The Bertz CT molecular complexity index is 579. The average molecular weight is 284 g/mol. The lowest BCUT2D eigenvalue weighted by atomic mass is 9.94. The third-order valence-corrected chi connectivity index (χ3v) is 3.67. The number of benzene rings is 2. The topological polar surface area (TPSA) is 29.5 Å². The number of aryl methyl sites for hydroxylation is 2. The van der Waals surface area contributed by atoms with Gasteiger partial charge in [0.25, 0.3) is 0 Å². The number of ether oxygens (including phenoxy) is 1. The molecule has 0 aromatic heterocycles. The van der Waals surface area contributed by atoms with Gasteiger partial charge in [-0.25, -0.2) is 0 Å². The van der Waals surface area contributed by atoms with Crippen molar-refractivity contribution in [3.63, 3.8) is 0 Å². The van der Waals surface area contributed by atoms with Gasteiger partial charge >= 0.3 is 0 Å². The fraction of sp³-hybridized carbons (Fsp3) is 0.368. The Labute approximate surface area is 127 Å². The first-order chi connectivity index (χ1) is 10.2. The molecule has 0 radical (unpaired) electrons. The van der Waals surface area contributed by atoms with Crippen LogP contribution in [0, 0.1) is 13.8 Å². The van der Waals surface area contributed by atoms with Gasteiger partial charge in [0, 0.05) is 0 Å². The Hall–Kier alpha value is -1.80. The van der Waals surface area contributed by atoms with E-state index in [-0.39, 0.29) is 6.61 Å². The number of hydrogen-bond donors (Lipinski definition) is 1. The molecule has 0 aliphatic carbocycles. The van der Waals surface area contributed by atoms with Crippen molar-refractivity contribution in [3.8, 4) is 16.9 Å². The summed E-state index contributed by atoms with van der Waals surface area (Å²) in [5.74, 6) is 0.945. The molecule has 0 amide bonds. The van der Waals surface area contributed by atoms with E-state index in [1.165, 1.54) is 16.7 Å². The van der Waals surface area contributed by atoms with Crippen LogP contribution in [0.3, 0.4) is 0 Å². The zero-order valence-electron chi connectivity index (χ0n) is 13.1. The van der Waals surface area contributed by atoms with Gasteiger partial charge in [-0.1, -0.05) is 31.5 Å². The van der Waals surface area contributed by atoms with Crippen LogP contribution >= 0.6 is 0 Å². The second-order valence-corrected chi connectivity index (χ2v) is 5.49. The molecule has 112 valence electrons. The van der Waals surface area contributed by atoms with Crippen molar-refractivity contribution in [2.75, 3.05) is 6.61 Å². The number of rotatable bonds is 6. The summed E-state index contributed by atoms with van der Waals surface area (Å²) in [7, 11) is 0. The first-order valence-corrected chi connectivity index (χ1v) is 7.60. The van der Waals surface area contributed by atoms with E-state index in [0.717, 1.165) is 36.3 Å². The van der Waals surface area contributed by atoms with Crippen LogP contribution in [-0.2, 0) is 6.61 Å². The van der Waals surface area contributed by atoms with E-state index in [9.17, 15) is 5.11 Å². The maximum atomic E-state index is 9.29. The summed E-state index contributed by atoms with van der Waals surface area (Å²) in [5.41, 5.74) is 5.73. The number of unbranched alkanes of at least 4 members (excludes halogenated alkanes) is 1. The molecule has 0 fully saturated rings. The first kappa shape index (κ1) is 15.6. The van der Waals surface area contributed by atoms with E-state index in [1.54, 1.807) is 0 Å². The number of aliphatic hydroxyl groups is 1. The third-order valence-electron chi connectivity index (χ3n) is 3.67. The molecule has 2 nitrogen and oxygen atoms in total. The minimum atomic E-state index is 0.0736. The normalized spacial score (nSPS) is 10.7. The SMILES string of the molecule is CCCCOc1cc(C)c(-c2cccc(CO)c2)c(C)c1. The molecule has 0 saturated heterocycles. The lowest BCUT2D eigenvalue weighted by molar-refractivity contribution is 0.282. The summed E-state index contributed by atoms with van der Waals surface area (Å²) in [6, 6.07) is 12.3. The van der Waals surface area contributed by atoms with Crippen LogP contribution < -0.4 is 4.74 Å². The Morgan fingerprint density at radius 3 is 2.38 bits per heavy atom. The summed E-state index contributed by atoms with van der Waals surface area (Å²) in [6.07, 6.45) is 2.22. The van der Waals surface area contributed by atoms with E-state index in [2.05, 4.69) is 39.0 Å². The van der Waals surface area contributed by atoms with Gasteiger partial charge in [0.1, 0.15) is 5.75 Å². The van der Waals surface area contributed by atoms with Gasteiger partial charge in [-0.2, -0.15) is 0 Å². The van der Waals surface area contributed by atoms with E-state index in [4.69, 9.17) is 4.74 Å². The van der Waals surface area contributed by atoms with Gasteiger partial charge in [-0.3, -0.25) is 0 Å². The fourth-order valence-electron chi connectivity index (χ4n) is 2.62. The largest absolute Gasteiger partial charge is 0.494 e. The molecular weight excluding hydrogens is 260 g/mol. The van der Waals surface area contributed by atoms with Gasteiger partial charge in [0.2, 0.25) is 0 Å². The molecule has 0 aliphatic heterocycles. The Morgan fingerprint density at radius 1 is 1.05 bits per heavy atom. The highest BCUT2D eigenvalue weighted by atomic mass is 16.5. The lowest BCUT2D eigenvalue weighted by Gasteiger charge is -2.14. The van der Waals surface area contributed by atoms with Gasteiger partial charge in [0.05, 0.1) is 13.2 Å². The van der Waals surface area contributed by atoms with Crippen molar-refractivity contribution in [3.05, 3.63) is 53.1 Å². The van der Waals surface area contributed by atoms with Crippen LogP contribution in [0.15, 0.2) is 36.4 Å². The highest BCUT2D eigenvalue weighted by Crippen LogP contribution is 2.31. The first-order valence-electron chi connectivity index (χ1n) is 7.60. The minimum Gasteiger partial charge on any atom is -0.494 e. The Balaban J connectivity index is 2.32. The molecule has 21 heavy (non-hydrogen) atoms. The van der Waals surface area contributed by atoms with Crippen molar-refractivity contribution in [1.29, 1.82) is 0 Å². The zero-order valence-corrected chi connectivity index (χ0v) is 13.1. The van der Waals surface area contributed by atoms with Gasteiger partial charge in [-0.05, 0) is 66.3 Å². The minimum absolute atomic E-state index is 0.0736. The van der Waals surface area contributed by atoms with E-state index in [0.29, 0.717) is 0 Å². The van der Waals surface area contributed by atoms with Crippen LogP contribution in [0.2, 0.25) is 0 Å². The molecule has 2 aromatic carbocycles. The zero-order chi connectivity index (χ0) is 15.2. The molecular formula is C19H24O2. The molecule has 0 unspecified atom stereocenters. The predicted molar refractivity (Wildman–Crippen MR) is 87.7 cm³/mol. The standard InChI is InChI=1S/C19H24O2/c1-4-5-9-21-18-10-14(2)19(15(3)11-18)17-8-6-7-16(12-17)13-20/h6-8,10-12,20H,4-5,9,13H2,1-3H3. The fourth-order valence-corrected chi connectivity index (χ4v) is 2.62. The van der Waals surface area contributed by atoms with E-state index >= 15 is 0 Å². The van der Waals surface area contributed by atoms with Gasteiger partial charge < -0.3 is 9.84 Å². The van der Waals surface area contributed by atoms with Crippen LogP contribution in [-0.4, -0.2) is 11.7 Å². The maximum absolute atomic E-state index is 9.29. The van der Waals surface area contributed by atoms with Crippen LogP contribution in [0.25, 0.3) is 11.1 Å². The molecule has 0 saturated carbocycles. The Kier molecular flexibility index (Phi) is 5.40. The third kappa shape index (κ3) is 3.85. The van der Waals surface area contributed by atoms with Gasteiger partial charge in [-0.15, -0.1) is 0 Å². The molecule has 0 aliphatic rings. The van der Waals surface area contributed by atoms with E-state index < -0.39 is 0 Å². The van der Waals surface area contributed by atoms with Crippen molar-refractivity contribution >= 4 is 0 Å². The smallest absolute Gasteiger partial charge is 0.119 e. The van der Waals surface area contributed by atoms with Crippen molar-refractivity contribution in [2.45, 2.75) is 40.2 Å². The molecule has 0 heterocycles. The van der Waals surface area contributed by atoms with Crippen molar-refractivity contribution in [1.82, 2.24) is 0 Å². The molecule has 0 bridgehead atoms. The van der Waals surface area contributed by atoms with E-state index in [1.807, 2.05) is 18.2 Å². The van der Waals surface area contributed by atoms with Gasteiger partial charge in [0.15, 0.2) is 0 Å². The van der Waals surface area contributed by atoms with Crippen LogP contribution in [0.4, 0.5) is 0 Å². The summed E-state index contributed by atoms with van der Waals surface area (Å²) in [6.45, 7) is 7.23. The average Bonchev–Trinajstić information content (AvgIpc) is 2.47. The Morgan fingerprint density at radius 2 is 1.76 bits per heavy atom. The molecule has 1 N–H and O–H groups in total. The second-order valence-electron chi connectivity index (χ2n) is 5.49. The van der Waals surface area contributed by atoms with Crippen molar-refractivity contribution in [2.24, 2.45) is 0 Å². The highest BCUT2D eigenvalue weighted by Gasteiger charge is 2.09. The second kappa shape index (κ2) is 7.28. The number of hydrogen-bond acceptors (Lipinski definition) is 2. The van der Waals surface area contributed by atoms with Crippen LogP contribution in [0.1, 0.15) is 36.5 Å². The molecule has 0 atom stereocenters. The molecule has 0 spiro atoms. The lowest BCUT2D eigenvalue weighted by Crippen LogP contribution is -1.98. The summed E-state index contributed by atoms with van der Waals surface area (Å²) in [5, 5.41) is 9.29. The number of aliphatic hydroxyl groups excluding tert-OH is 1. The summed E-state index contributed by atoms with van der Waals surface area (Å²) in [4.78, 5) is 0. The van der Waals surface area contributed by atoms with Crippen molar-refractivity contribution < 1.29 is 9.84 Å². The maximum Gasteiger partial charge on any atom is 0.119 e. The monoisotopic (exact) mass is 284 g/mol.